The molecule has 0 aliphatic rings. The number of carboxylic acid groups (broad SMARTS) is 2. The van der Waals surface area contributed by atoms with Gasteiger partial charge in [-0.2, -0.15) is 0 Å². The zero-order valence-corrected chi connectivity index (χ0v) is 16.4. The molecule has 6 nitrogen and oxygen atoms in total. The van der Waals surface area contributed by atoms with E-state index in [0.717, 1.165) is 12.1 Å². The van der Waals surface area contributed by atoms with Crippen molar-refractivity contribution >= 4 is 17.8 Å². The highest BCUT2D eigenvalue weighted by atomic mass is 19.1. The van der Waals surface area contributed by atoms with E-state index in [1.54, 1.807) is 36.4 Å². The highest BCUT2D eigenvalue weighted by Gasteiger charge is 2.50. The lowest BCUT2D eigenvalue weighted by Gasteiger charge is -2.38. The quantitative estimate of drug-likeness (QED) is 0.513. The molecule has 0 aliphatic carbocycles. The molecule has 0 radical (unpaired) electrons. The van der Waals surface area contributed by atoms with Crippen LogP contribution >= 0.6 is 0 Å². The number of hydrogen-bond acceptors (Lipinski definition) is 3. The maximum Gasteiger partial charge on any atom is 0.334 e. The summed E-state index contributed by atoms with van der Waals surface area (Å²) in [6, 6.07) is 20.8. The minimum Gasteiger partial charge on any atom is -0.481 e. The minimum absolute atomic E-state index is 0.197. The lowest BCUT2D eigenvalue weighted by Crippen LogP contribution is -2.56. The topological polar surface area (TPSA) is 104 Å². The Morgan fingerprint density at radius 3 is 1.90 bits per heavy atom. The highest BCUT2D eigenvalue weighted by molar-refractivity contribution is 5.99. The first-order valence-corrected chi connectivity index (χ1v) is 9.48. The molecule has 0 saturated carbocycles. The van der Waals surface area contributed by atoms with Gasteiger partial charge < -0.3 is 15.5 Å². The number of carbonyl (C=O) groups is 3. The Morgan fingerprint density at radius 1 is 0.839 bits per heavy atom. The van der Waals surface area contributed by atoms with Gasteiger partial charge in [-0.1, -0.05) is 60.7 Å². The molecule has 0 fully saturated rings. The van der Waals surface area contributed by atoms with Crippen LogP contribution in [0.3, 0.4) is 0 Å². The van der Waals surface area contributed by atoms with Crippen molar-refractivity contribution in [2.24, 2.45) is 0 Å². The van der Waals surface area contributed by atoms with Gasteiger partial charge in [0.1, 0.15) is 5.82 Å². The van der Waals surface area contributed by atoms with Gasteiger partial charge in [0.05, 0.1) is 6.42 Å². The Kier molecular flexibility index (Phi) is 6.45. The molecule has 7 heteroatoms. The monoisotopic (exact) mass is 421 g/mol. The van der Waals surface area contributed by atoms with Crippen LogP contribution in [0.2, 0.25) is 0 Å². The van der Waals surface area contributed by atoms with Crippen molar-refractivity contribution in [1.29, 1.82) is 0 Å². The van der Waals surface area contributed by atoms with Crippen LogP contribution in [0.4, 0.5) is 4.39 Å². The van der Waals surface area contributed by atoms with Gasteiger partial charge >= 0.3 is 11.9 Å². The Hall–Kier alpha value is -4.00. The van der Waals surface area contributed by atoms with Crippen LogP contribution in [-0.4, -0.2) is 28.1 Å². The maximum absolute atomic E-state index is 13.5. The summed E-state index contributed by atoms with van der Waals surface area (Å²) in [5.74, 6) is -5.14. The minimum atomic E-state index is -2.12. The normalized spacial score (nSPS) is 13.6. The number of amides is 1. The Labute approximate surface area is 178 Å². The van der Waals surface area contributed by atoms with Gasteiger partial charge in [-0.05, 0) is 35.4 Å². The molecule has 0 heterocycles. The molecule has 3 N–H and O–H groups in total. The molecule has 31 heavy (non-hydrogen) atoms. The van der Waals surface area contributed by atoms with Crippen LogP contribution in [0, 0.1) is 5.82 Å². The van der Waals surface area contributed by atoms with Crippen LogP contribution in [0.25, 0.3) is 0 Å². The van der Waals surface area contributed by atoms with Gasteiger partial charge in [0, 0.05) is 11.5 Å². The van der Waals surface area contributed by atoms with E-state index in [1.165, 1.54) is 36.4 Å². The summed E-state index contributed by atoms with van der Waals surface area (Å²) >= 11 is 0. The van der Waals surface area contributed by atoms with Crippen molar-refractivity contribution in [3.8, 4) is 0 Å². The number of nitrogens with one attached hydrogen (secondary N) is 1. The van der Waals surface area contributed by atoms with Crippen molar-refractivity contribution in [3.05, 3.63) is 107 Å². The molecule has 3 rings (SSSR count). The van der Waals surface area contributed by atoms with Crippen LogP contribution in [0.15, 0.2) is 84.9 Å². The van der Waals surface area contributed by atoms with E-state index in [2.05, 4.69) is 5.32 Å². The van der Waals surface area contributed by atoms with Gasteiger partial charge in [-0.15, -0.1) is 0 Å². The number of rotatable bonds is 8. The molecule has 3 aromatic carbocycles. The highest BCUT2D eigenvalue weighted by Crippen LogP contribution is 2.40. The smallest absolute Gasteiger partial charge is 0.334 e. The second-order valence-electron chi connectivity index (χ2n) is 7.00. The van der Waals surface area contributed by atoms with E-state index in [9.17, 15) is 29.0 Å². The number of aliphatic carboxylic acids is 2. The van der Waals surface area contributed by atoms with E-state index in [0.29, 0.717) is 0 Å². The summed E-state index contributed by atoms with van der Waals surface area (Å²) in [4.78, 5) is 37.5. The van der Waals surface area contributed by atoms with Gasteiger partial charge in [0.15, 0.2) is 5.54 Å². The maximum atomic E-state index is 13.5. The molecule has 0 aromatic heterocycles. The summed E-state index contributed by atoms with van der Waals surface area (Å²) in [5, 5.41) is 22.5. The van der Waals surface area contributed by atoms with Crippen molar-refractivity contribution in [1.82, 2.24) is 5.32 Å². The van der Waals surface area contributed by atoms with Crippen molar-refractivity contribution in [2.75, 3.05) is 0 Å². The molecule has 3 aromatic rings. The van der Waals surface area contributed by atoms with Crippen molar-refractivity contribution in [3.63, 3.8) is 0 Å². The summed E-state index contributed by atoms with van der Waals surface area (Å²) in [7, 11) is 0. The summed E-state index contributed by atoms with van der Waals surface area (Å²) in [5.41, 5.74) is -1.44. The van der Waals surface area contributed by atoms with Crippen molar-refractivity contribution < 1.29 is 29.0 Å². The van der Waals surface area contributed by atoms with Crippen LogP contribution < -0.4 is 5.32 Å². The Balaban J connectivity index is 2.23. The fourth-order valence-corrected chi connectivity index (χ4v) is 3.62. The molecule has 2 unspecified atom stereocenters. The van der Waals surface area contributed by atoms with Gasteiger partial charge in [-0.3, -0.25) is 9.59 Å². The van der Waals surface area contributed by atoms with Crippen LogP contribution in [0.5, 0.6) is 0 Å². The first-order valence-electron chi connectivity index (χ1n) is 9.48. The third kappa shape index (κ3) is 4.61. The molecule has 158 valence electrons. The standard InChI is InChI=1S/C24H20FNO5/c25-19-13-11-16(12-14-19)20(15-21(27)28)24(23(30)31,18-9-5-2-6-10-18)26-22(29)17-7-3-1-4-8-17/h1-14,20H,15H2,(H,26,29)(H,27,28)(H,30,31). The fraction of sp³-hybridized carbons (Fsp3) is 0.125. The SMILES string of the molecule is O=C(O)CC(c1ccc(F)cc1)C(NC(=O)c1ccccc1)(C(=O)O)c1ccccc1. The van der Waals surface area contributed by atoms with E-state index < -0.39 is 41.5 Å². The third-order valence-corrected chi connectivity index (χ3v) is 5.09. The average Bonchev–Trinajstić information content (AvgIpc) is 2.77. The molecule has 0 bridgehead atoms. The lowest BCUT2D eigenvalue weighted by atomic mass is 9.72. The summed E-state index contributed by atoms with van der Waals surface area (Å²) in [6.45, 7) is 0. The number of hydrogen-bond donors (Lipinski definition) is 3. The Morgan fingerprint density at radius 2 is 1.39 bits per heavy atom. The Bertz CT molecular complexity index is 1070. The van der Waals surface area contributed by atoms with Crippen molar-refractivity contribution in [2.45, 2.75) is 17.9 Å². The third-order valence-electron chi connectivity index (χ3n) is 5.09. The van der Waals surface area contributed by atoms with Crippen LogP contribution in [-0.2, 0) is 15.1 Å². The molecular formula is C24H20FNO5. The van der Waals surface area contributed by atoms with Gasteiger partial charge in [0.2, 0.25) is 0 Å². The zero-order valence-electron chi connectivity index (χ0n) is 16.4. The van der Waals surface area contributed by atoms with E-state index >= 15 is 0 Å². The number of carbonyl (C=O) groups excluding carboxylic acids is 1. The predicted octanol–water partition coefficient (Wildman–Crippen LogP) is 3.79. The second-order valence-corrected chi connectivity index (χ2v) is 7.00. The molecule has 0 aliphatic heterocycles. The molecule has 0 saturated heterocycles. The number of benzene rings is 3. The average molecular weight is 421 g/mol. The second kappa shape index (κ2) is 9.21. The largest absolute Gasteiger partial charge is 0.481 e. The first-order chi connectivity index (χ1) is 14.8. The zero-order chi connectivity index (χ0) is 22.4. The summed E-state index contributed by atoms with van der Waals surface area (Å²) in [6.07, 6.45) is -0.609. The van der Waals surface area contributed by atoms with Crippen LogP contribution in [0.1, 0.15) is 33.8 Å². The van der Waals surface area contributed by atoms with E-state index in [1.807, 2.05) is 0 Å². The van der Waals surface area contributed by atoms with Gasteiger partial charge in [0.25, 0.3) is 5.91 Å². The first kappa shape index (κ1) is 21.7. The predicted molar refractivity (Wildman–Crippen MR) is 111 cm³/mol. The van der Waals surface area contributed by atoms with Gasteiger partial charge in [-0.25, -0.2) is 9.18 Å². The molecule has 0 spiro atoms. The number of carboxylic acids is 2. The lowest BCUT2D eigenvalue weighted by molar-refractivity contribution is -0.147. The molecule has 1 amide bonds. The summed E-state index contributed by atoms with van der Waals surface area (Å²) < 4.78 is 13.5. The van der Waals surface area contributed by atoms with E-state index in [4.69, 9.17) is 0 Å². The number of halogens is 1. The van der Waals surface area contributed by atoms with E-state index in [-0.39, 0.29) is 16.7 Å². The molecule has 2 atom stereocenters. The fourth-order valence-electron chi connectivity index (χ4n) is 3.62. The molecular weight excluding hydrogens is 401 g/mol.